The van der Waals surface area contributed by atoms with Crippen molar-refractivity contribution in [3.63, 3.8) is 0 Å². The van der Waals surface area contributed by atoms with Crippen molar-refractivity contribution in [2.45, 2.75) is 26.3 Å². The van der Waals surface area contributed by atoms with Crippen molar-refractivity contribution in [2.24, 2.45) is 5.92 Å². The lowest BCUT2D eigenvalue weighted by molar-refractivity contribution is -0.139. The molecule has 0 spiro atoms. The average molecular weight is 225 g/mol. The molecule has 6 nitrogen and oxygen atoms in total. The predicted octanol–water partition coefficient (Wildman–Crippen LogP) is 0.639. The quantitative estimate of drug-likeness (QED) is 0.685. The van der Waals surface area contributed by atoms with Crippen LogP contribution in [0.3, 0.4) is 0 Å². The van der Waals surface area contributed by atoms with Gasteiger partial charge in [0.25, 0.3) is 5.91 Å². The highest BCUT2D eigenvalue weighted by Crippen LogP contribution is 2.05. The molecule has 1 rings (SSSR count). The molecule has 1 heterocycles. The number of aromatic amines is 1. The van der Waals surface area contributed by atoms with Crippen LogP contribution in [0, 0.1) is 5.92 Å². The Labute approximate surface area is 93.1 Å². The van der Waals surface area contributed by atoms with Gasteiger partial charge in [-0.15, -0.1) is 0 Å². The van der Waals surface area contributed by atoms with E-state index in [9.17, 15) is 9.59 Å². The van der Waals surface area contributed by atoms with E-state index in [2.05, 4.69) is 15.3 Å². The van der Waals surface area contributed by atoms with Gasteiger partial charge in [-0.1, -0.05) is 13.8 Å². The molecule has 0 radical (unpaired) electrons. The fraction of sp³-hybridized carbons (Fsp3) is 0.500. The van der Waals surface area contributed by atoms with Gasteiger partial charge in [0.1, 0.15) is 11.7 Å². The molecule has 1 aromatic heterocycles. The molecule has 1 atom stereocenters. The molecular formula is C10H15N3O3. The maximum absolute atomic E-state index is 11.6. The number of H-pyrrole nitrogens is 1. The maximum Gasteiger partial charge on any atom is 0.326 e. The number of carboxylic acid groups (broad SMARTS) is 1. The van der Waals surface area contributed by atoms with Crippen molar-refractivity contribution in [1.29, 1.82) is 0 Å². The summed E-state index contributed by atoms with van der Waals surface area (Å²) in [7, 11) is 0. The summed E-state index contributed by atoms with van der Waals surface area (Å²) >= 11 is 0. The molecule has 3 N–H and O–H groups in total. The third-order valence-corrected chi connectivity index (χ3v) is 2.05. The molecule has 16 heavy (non-hydrogen) atoms. The number of imidazole rings is 1. The van der Waals surface area contributed by atoms with Gasteiger partial charge in [-0.05, 0) is 12.3 Å². The highest BCUT2D eigenvalue weighted by molar-refractivity contribution is 5.94. The highest BCUT2D eigenvalue weighted by atomic mass is 16.4. The van der Waals surface area contributed by atoms with Crippen LogP contribution in [0.5, 0.6) is 0 Å². The number of aromatic nitrogens is 2. The molecule has 6 heteroatoms. The summed E-state index contributed by atoms with van der Waals surface area (Å²) in [6, 6.07) is -0.865. The number of hydrogen-bond donors (Lipinski definition) is 3. The first kappa shape index (κ1) is 12.2. The van der Waals surface area contributed by atoms with Crippen LogP contribution in [0.4, 0.5) is 0 Å². The van der Waals surface area contributed by atoms with Crippen LogP contribution >= 0.6 is 0 Å². The van der Waals surface area contributed by atoms with E-state index in [-0.39, 0.29) is 11.6 Å². The van der Waals surface area contributed by atoms with Crippen molar-refractivity contribution >= 4 is 11.9 Å². The van der Waals surface area contributed by atoms with Gasteiger partial charge in [0.05, 0.1) is 12.5 Å². The van der Waals surface area contributed by atoms with Crippen molar-refractivity contribution in [1.82, 2.24) is 15.3 Å². The first-order valence-electron chi connectivity index (χ1n) is 5.02. The molecule has 0 unspecified atom stereocenters. The van der Waals surface area contributed by atoms with Gasteiger partial charge >= 0.3 is 5.97 Å². The van der Waals surface area contributed by atoms with Crippen molar-refractivity contribution in [3.8, 4) is 0 Å². The molecule has 0 aliphatic carbocycles. The van der Waals surface area contributed by atoms with Crippen LogP contribution < -0.4 is 5.32 Å². The van der Waals surface area contributed by atoms with Crippen LogP contribution in [-0.2, 0) is 4.79 Å². The molecule has 0 aliphatic heterocycles. The molecule has 0 saturated carbocycles. The van der Waals surface area contributed by atoms with Crippen LogP contribution in [0.25, 0.3) is 0 Å². The molecule has 0 saturated heterocycles. The zero-order valence-corrected chi connectivity index (χ0v) is 9.23. The number of carbonyl (C=O) groups excluding carboxylic acids is 1. The summed E-state index contributed by atoms with van der Waals surface area (Å²) in [5.41, 5.74) is 0.259. The summed E-state index contributed by atoms with van der Waals surface area (Å²) < 4.78 is 0. The average Bonchev–Trinajstić information content (AvgIpc) is 2.68. The number of hydrogen-bond acceptors (Lipinski definition) is 3. The second kappa shape index (κ2) is 5.29. The molecule has 0 aromatic carbocycles. The summed E-state index contributed by atoms with van der Waals surface area (Å²) in [4.78, 5) is 28.8. The smallest absolute Gasteiger partial charge is 0.326 e. The van der Waals surface area contributed by atoms with E-state index in [1.807, 2.05) is 13.8 Å². The Morgan fingerprint density at radius 2 is 2.25 bits per heavy atom. The first-order valence-corrected chi connectivity index (χ1v) is 5.02. The molecule has 1 amide bonds. The van der Waals surface area contributed by atoms with E-state index >= 15 is 0 Å². The van der Waals surface area contributed by atoms with Gasteiger partial charge in [0.2, 0.25) is 0 Å². The largest absolute Gasteiger partial charge is 0.480 e. The Bertz CT molecular complexity index is 359. The molecular weight excluding hydrogens is 210 g/mol. The minimum atomic E-state index is -1.03. The molecule has 0 aliphatic rings. The van der Waals surface area contributed by atoms with Crippen LogP contribution in [0.1, 0.15) is 30.8 Å². The van der Waals surface area contributed by atoms with E-state index in [4.69, 9.17) is 5.11 Å². The number of nitrogens with one attached hydrogen (secondary N) is 2. The second-order valence-electron chi connectivity index (χ2n) is 3.96. The fourth-order valence-electron chi connectivity index (χ4n) is 1.31. The fourth-order valence-corrected chi connectivity index (χ4v) is 1.31. The minimum Gasteiger partial charge on any atom is -0.480 e. The number of nitrogens with zero attached hydrogens (tertiary/aromatic N) is 1. The summed E-state index contributed by atoms with van der Waals surface area (Å²) in [5, 5.41) is 11.4. The standard InChI is InChI=1S/C10H15N3O3/c1-6(2)3-7(10(15)16)13-9(14)8-4-11-5-12-8/h4-7H,3H2,1-2H3,(H,11,12)(H,13,14)(H,15,16)/t7-/m0/s1. The van der Waals surface area contributed by atoms with Gasteiger partial charge in [0.15, 0.2) is 0 Å². The van der Waals surface area contributed by atoms with Gasteiger partial charge in [-0.2, -0.15) is 0 Å². The molecule has 0 fully saturated rings. The zero-order chi connectivity index (χ0) is 12.1. The summed E-state index contributed by atoms with van der Waals surface area (Å²) in [6.07, 6.45) is 3.12. The predicted molar refractivity (Wildman–Crippen MR) is 56.9 cm³/mol. The first-order chi connectivity index (χ1) is 7.50. The van der Waals surface area contributed by atoms with Gasteiger partial charge in [-0.25, -0.2) is 9.78 Å². The van der Waals surface area contributed by atoms with E-state index in [0.29, 0.717) is 6.42 Å². The number of rotatable bonds is 5. The van der Waals surface area contributed by atoms with E-state index < -0.39 is 17.9 Å². The Hall–Kier alpha value is -1.85. The second-order valence-corrected chi connectivity index (χ2v) is 3.96. The van der Waals surface area contributed by atoms with Gasteiger partial charge < -0.3 is 15.4 Å². The topological polar surface area (TPSA) is 95.1 Å². The van der Waals surface area contributed by atoms with Crippen molar-refractivity contribution < 1.29 is 14.7 Å². The molecule has 88 valence electrons. The lowest BCUT2D eigenvalue weighted by Gasteiger charge is -2.15. The molecule has 1 aromatic rings. The van der Waals surface area contributed by atoms with Crippen LogP contribution in [0.15, 0.2) is 12.5 Å². The summed E-state index contributed by atoms with van der Waals surface area (Å²) in [5.74, 6) is -1.28. The van der Waals surface area contributed by atoms with Crippen molar-refractivity contribution in [3.05, 3.63) is 18.2 Å². The van der Waals surface area contributed by atoms with Gasteiger partial charge in [-0.3, -0.25) is 4.79 Å². The SMILES string of the molecule is CC(C)C[C@H](NC(=O)c1cnc[nH]1)C(=O)O. The highest BCUT2D eigenvalue weighted by Gasteiger charge is 2.21. The van der Waals surface area contributed by atoms with Crippen molar-refractivity contribution in [2.75, 3.05) is 0 Å². The lowest BCUT2D eigenvalue weighted by atomic mass is 10.0. The monoisotopic (exact) mass is 225 g/mol. The molecule has 0 bridgehead atoms. The Morgan fingerprint density at radius 3 is 2.69 bits per heavy atom. The zero-order valence-electron chi connectivity index (χ0n) is 9.23. The number of carboxylic acids is 1. The third-order valence-electron chi connectivity index (χ3n) is 2.05. The normalized spacial score (nSPS) is 12.4. The number of aliphatic carboxylic acids is 1. The summed E-state index contributed by atoms with van der Waals surface area (Å²) in [6.45, 7) is 3.80. The minimum absolute atomic E-state index is 0.197. The van der Waals surface area contributed by atoms with Gasteiger partial charge in [0, 0.05) is 0 Å². The van der Waals surface area contributed by atoms with E-state index in [1.165, 1.54) is 12.5 Å². The number of amides is 1. The van der Waals surface area contributed by atoms with E-state index in [0.717, 1.165) is 0 Å². The maximum atomic E-state index is 11.6. The van der Waals surface area contributed by atoms with E-state index in [1.54, 1.807) is 0 Å². The third kappa shape index (κ3) is 3.38. The Balaban J connectivity index is 2.62. The number of carbonyl (C=O) groups is 2. The Kier molecular flexibility index (Phi) is 4.04. The Morgan fingerprint density at radius 1 is 1.56 bits per heavy atom. The van der Waals surface area contributed by atoms with Crippen LogP contribution in [0.2, 0.25) is 0 Å². The lowest BCUT2D eigenvalue weighted by Crippen LogP contribution is -2.41. The van der Waals surface area contributed by atoms with Crippen LogP contribution in [-0.4, -0.2) is 33.0 Å².